The van der Waals surface area contributed by atoms with E-state index in [0.29, 0.717) is 17.7 Å². The van der Waals surface area contributed by atoms with Crippen LogP contribution in [0.3, 0.4) is 0 Å². The molecule has 1 aromatic rings. The smallest absolute Gasteiger partial charge is 0.138 e. The van der Waals surface area contributed by atoms with E-state index in [0.717, 1.165) is 24.2 Å². The average molecular weight is 252 g/mol. The minimum Gasteiger partial charge on any atom is -0.489 e. The maximum Gasteiger partial charge on any atom is 0.138 e. The third-order valence-corrected chi connectivity index (χ3v) is 3.29. The molecule has 1 fully saturated rings. The van der Waals surface area contributed by atoms with Crippen molar-refractivity contribution in [1.82, 2.24) is 0 Å². The minimum absolute atomic E-state index is 0.345. The van der Waals surface area contributed by atoms with Crippen LogP contribution in [0.1, 0.15) is 31.2 Å². The van der Waals surface area contributed by atoms with Gasteiger partial charge in [-0.15, -0.1) is 0 Å². The summed E-state index contributed by atoms with van der Waals surface area (Å²) in [6.07, 6.45) is 9.03. The summed E-state index contributed by atoms with van der Waals surface area (Å²) in [5, 5.41) is 0.677. The Kier molecular flexibility index (Phi) is 4.46. The number of halogens is 1. The topological polar surface area (TPSA) is 35.2 Å². The van der Waals surface area contributed by atoms with Crippen LogP contribution in [0.25, 0.3) is 6.08 Å². The van der Waals surface area contributed by atoms with E-state index in [1.165, 1.54) is 12.8 Å². The number of ether oxygens (including phenoxy) is 1. The van der Waals surface area contributed by atoms with Crippen molar-refractivity contribution in [3.05, 3.63) is 34.9 Å². The van der Waals surface area contributed by atoms with Gasteiger partial charge in [0.25, 0.3) is 0 Å². The monoisotopic (exact) mass is 251 g/mol. The summed E-state index contributed by atoms with van der Waals surface area (Å²) >= 11 is 6.20. The number of nitrogens with two attached hydrogens (primary N) is 1. The van der Waals surface area contributed by atoms with Gasteiger partial charge >= 0.3 is 0 Å². The third kappa shape index (κ3) is 3.48. The number of hydrogen-bond donors (Lipinski definition) is 1. The van der Waals surface area contributed by atoms with E-state index < -0.39 is 0 Å². The second-order valence-electron chi connectivity index (χ2n) is 4.35. The fourth-order valence-corrected chi connectivity index (χ4v) is 2.34. The van der Waals surface area contributed by atoms with Crippen LogP contribution in [0.15, 0.2) is 24.3 Å². The maximum absolute atomic E-state index is 6.20. The van der Waals surface area contributed by atoms with Crippen molar-refractivity contribution < 1.29 is 4.74 Å². The molecular formula is C14H18ClNO. The molecule has 0 spiro atoms. The average Bonchev–Trinajstić information content (AvgIpc) is 2.82. The first-order valence-corrected chi connectivity index (χ1v) is 6.50. The molecule has 17 heavy (non-hydrogen) atoms. The molecule has 0 aromatic heterocycles. The minimum atomic E-state index is 0.345. The van der Waals surface area contributed by atoms with Crippen molar-refractivity contribution in [2.24, 2.45) is 5.73 Å². The van der Waals surface area contributed by atoms with Gasteiger partial charge in [0.05, 0.1) is 11.1 Å². The lowest BCUT2D eigenvalue weighted by atomic mass is 10.2. The van der Waals surface area contributed by atoms with Gasteiger partial charge in [-0.25, -0.2) is 0 Å². The Morgan fingerprint density at radius 3 is 2.76 bits per heavy atom. The second-order valence-corrected chi connectivity index (χ2v) is 4.76. The summed E-state index contributed by atoms with van der Waals surface area (Å²) < 4.78 is 5.88. The van der Waals surface area contributed by atoms with Crippen LogP contribution in [0.5, 0.6) is 5.75 Å². The molecule has 0 aliphatic heterocycles. The van der Waals surface area contributed by atoms with Gasteiger partial charge in [-0.2, -0.15) is 0 Å². The Hall–Kier alpha value is -0.990. The van der Waals surface area contributed by atoms with Crippen molar-refractivity contribution in [1.29, 1.82) is 0 Å². The van der Waals surface area contributed by atoms with E-state index in [1.807, 2.05) is 30.4 Å². The summed E-state index contributed by atoms with van der Waals surface area (Å²) in [5.74, 6) is 0.795. The molecule has 1 aliphatic rings. The predicted molar refractivity (Wildman–Crippen MR) is 72.4 cm³/mol. The SMILES string of the molecule is NC/C=C/c1ccc(OC2CCCC2)c(Cl)c1. The van der Waals surface area contributed by atoms with Gasteiger partial charge in [-0.05, 0) is 43.4 Å². The first-order chi connectivity index (χ1) is 8.29. The molecule has 0 saturated heterocycles. The van der Waals surface area contributed by atoms with Crippen molar-refractivity contribution in [3.8, 4) is 5.75 Å². The molecule has 0 heterocycles. The highest BCUT2D eigenvalue weighted by Crippen LogP contribution is 2.30. The zero-order valence-electron chi connectivity index (χ0n) is 9.86. The Labute approximate surface area is 107 Å². The van der Waals surface area contributed by atoms with Gasteiger partial charge < -0.3 is 10.5 Å². The zero-order valence-corrected chi connectivity index (χ0v) is 10.6. The van der Waals surface area contributed by atoms with Crippen LogP contribution in [-0.4, -0.2) is 12.6 Å². The molecule has 2 N–H and O–H groups in total. The van der Waals surface area contributed by atoms with E-state index >= 15 is 0 Å². The lowest BCUT2D eigenvalue weighted by Crippen LogP contribution is -2.11. The van der Waals surface area contributed by atoms with Gasteiger partial charge in [0, 0.05) is 6.54 Å². The van der Waals surface area contributed by atoms with E-state index in [9.17, 15) is 0 Å². The summed E-state index contributed by atoms with van der Waals surface area (Å²) in [4.78, 5) is 0. The van der Waals surface area contributed by atoms with E-state index in [4.69, 9.17) is 22.1 Å². The van der Waals surface area contributed by atoms with E-state index in [1.54, 1.807) is 0 Å². The fourth-order valence-electron chi connectivity index (χ4n) is 2.11. The molecule has 1 aliphatic carbocycles. The standard InChI is InChI=1S/C14H18ClNO/c15-13-10-11(4-3-9-16)7-8-14(13)17-12-5-1-2-6-12/h3-4,7-8,10,12H,1-2,5-6,9,16H2/b4-3+. The Morgan fingerprint density at radius 2 is 2.12 bits per heavy atom. The Bertz CT molecular complexity index is 397. The molecule has 0 atom stereocenters. The molecule has 2 nitrogen and oxygen atoms in total. The van der Waals surface area contributed by atoms with Gasteiger partial charge in [0.15, 0.2) is 0 Å². The Morgan fingerprint density at radius 1 is 1.35 bits per heavy atom. The van der Waals surface area contributed by atoms with Gasteiger partial charge in [-0.1, -0.05) is 29.8 Å². The summed E-state index contributed by atoms with van der Waals surface area (Å²) in [6, 6.07) is 5.86. The molecule has 0 radical (unpaired) electrons. The number of benzene rings is 1. The van der Waals surface area contributed by atoms with Crippen LogP contribution >= 0.6 is 11.6 Å². The molecular weight excluding hydrogens is 234 g/mol. The largest absolute Gasteiger partial charge is 0.489 e. The summed E-state index contributed by atoms with van der Waals surface area (Å²) in [6.45, 7) is 0.540. The zero-order chi connectivity index (χ0) is 12.1. The molecule has 1 aromatic carbocycles. The van der Waals surface area contributed by atoms with Gasteiger partial charge in [0.2, 0.25) is 0 Å². The van der Waals surface area contributed by atoms with Crippen LogP contribution in [-0.2, 0) is 0 Å². The van der Waals surface area contributed by atoms with Crippen LogP contribution in [0.2, 0.25) is 5.02 Å². The normalized spacial score (nSPS) is 16.8. The maximum atomic E-state index is 6.20. The molecule has 2 rings (SSSR count). The first kappa shape index (κ1) is 12.5. The highest BCUT2D eigenvalue weighted by molar-refractivity contribution is 6.32. The predicted octanol–water partition coefficient (Wildman–Crippen LogP) is 3.63. The molecule has 3 heteroatoms. The highest BCUT2D eigenvalue weighted by atomic mass is 35.5. The van der Waals surface area contributed by atoms with Crippen molar-refractivity contribution in [2.75, 3.05) is 6.54 Å². The van der Waals surface area contributed by atoms with Crippen LogP contribution < -0.4 is 10.5 Å². The van der Waals surface area contributed by atoms with Crippen molar-refractivity contribution in [2.45, 2.75) is 31.8 Å². The van der Waals surface area contributed by atoms with E-state index in [-0.39, 0.29) is 0 Å². The third-order valence-electron chi connectivity index (χ3n) is 3.00. The molecule has 0 unspecified atom stereocenters. The molecule has 92 valence electrons. The Balaban J connectivity index is 2.05. The van der Waals surface area contributed by atoms with Crippen LogP contribution in [0, 0.1) is 0 Å². The number of hydrogen-bond acceptors (Lipinski definition) is 2. The number of rotatable bonds is 4. The fraction of sp³-hybridized carbons (Fsp3) is 0.429. The second kappa shape index (κ2) is 6.08. The first-order valence-electron chi connectivity index (χ1n) is 6.12. The lowest BCUT2D eigenvalue weighted by molar-refractivity contribution is 0.210. The summed E-state index contributed by atoms with van der Waals surface area (Å²) in [7, 11) is 0. The lowest BCUT2D eigenvalue weighted by Gasteiger charge is -2.14. The quantitative estimate of drug-likeness (QED) is 0.887. The molecule has 1 saturated carbocycles. The molecule has 0 bridgehead atoms. The van der Waals surface area contributed by atoms with Crippen LogP contribution in [0.4, 0.5) is 0 Å². The molecule has 0 amide bonds. The summed E-state index contributed by atoms with van der Waals surface area (Å²) in [5.41, 5.74) is 6.46. The van der Waals surface area contributed by atoms with E-state index in [2.05, 4.69) is 0 Å². The van der Waals surface area contributed by atoms with Crippen molar-refractivity contribution >= 4 is 17.7 Å². The highest BCUT2D eigenvalue weighted by Gasteiger charge is 2.17. The van der Waals surface area contributed by atoms with Gasteiger partial charge in [0.1, 0.15) is 5.75 Å². The van der Waals surface area contributed by atoms with Crippen molar-refractivity contribution in [3.63, 3.8) is 0 Å². The van der Waals surface area contributed by atoms with Gasteiger partial charge in [-0.3, -0.25) is 0 Å².